The van der Waals surface area contributed by atoms with Crippen LogP contribution in [0.5, 0.6) is 5.75 Å². The van der Waals surface area contributed by atoms with E-state index < -0.39 is 4.92 Å². The number of nitro benzene ring substituents is 1. The van der Waals surface area contributed by atoms with Gasteiger partial charge in [-0.25, -0.2) is 0 Å². The van der Waals surface area contributed by atoms with Crippen molar-refractivity contribution >= 4 is 28.9 Å². The minimum absolute atomic E-state index is 0.100. The van der Waals surface area contributed by atoms with Crippen LogP contribution in [0.2, 0.25) is 10.0 Å². The van der Waals surface area contributed by atoms with Gasteiger partial charge in [0.25, 0.3) is 5.69 Å². The van der Waals surface area contributed by atoms with Gasteiger partial charge in [0.05, 0.1) is 11.0 Å². The number of nitrogens with zero attached hydrogens (tertiary/aromatic N) is 1. The summed E-state index contributed by atoms with van der Waals surface area (Å²) in [5, 5.41) is 11.5. The lowest BCUT2D eigenvalue weighted by Gasteiger charge is -2.07. The van der Waals surface area contributed by atoms with E-state index in [4.69, 9.17) is 27.9 Å². The van der Waals surface area contributed by atoms with E-state index in [9.17, 15) is 10.1 Å². The SMILES string of the molecule is O=[N+]([O-])c1[c]cc(OCc2ccc(Cl)cc2Cl)cc1. The normalized spacial score (nSPS) is 10.2. The summed E-state index contributed by atoms with van der Waals surface area (Å²) in [6.07, 6.45) is 0. The summed E-state index contributed by atoms with van der Waals surface area (Å²) in [6, 6.07) is 11.9. The highest BCUT2D eigenvalue weighted by Gasteiger charge is 2.06. The second-order valence-electron chi connectivity index (χ2n) is 3.69. The zero-order valence-corrected chi connectivity index (χ0v) is 11.1. The van der Waals surface area contributed by atoms with Crippen LogP contribution in [-0.4, -0.2) is 4.92 Å². The zero-order chi connectivity index (χ0) is 13.8. The number of benzene rings is 2. The third-order valence-corrected chi connectivity index (χ3v) is 2.96. The van der Waals surface area contributed by atoms with E-state index in [0.29, 0.717) is 15.8 Å². The molecule has 2 aromatic rings. The fraction of sp³-hybridized carbons (Fsp3) is 0.0769. The molecule has 0 N–H and O–H groups in total. The van der Waals surface area contributed by atoms with Gasteiger partial charge in [0.15, 0.2) is 0 Å². The molecule has 0 heterocycles. The molecule has 6 heteroatoms. The minimum atomic E-state index is -0.514. The zero-order valence-electron chi connectivity index (χ0n) is 9.60. The Morgan fingerprint density at radius 1 is 1.26 bits per heavy atom. The van der Waals surface area contributed by atoms with Crippen molar-refractivity contribution in [2.24, 2.45) is 0 Å². The summed E-state index contributed by atoms with van der Waals surface area (Å²) in [5.74, 6) is 0.483. The summed E-state index contributed by atoms with van der Waals surface area (Å²) in [5.41, 5.74) is 0.682. The maximum absolute atomic E-state index is 10.5. The first kappa shape index (κ1) is 13.6. The Morgan fingerprint density at radius 3 is 2.63 bits per heavy atom. The minimum Gasteiger partial charge on any atom is -0.489 e. The van der Waals surface area contributed by atoms with Crippen LogP contribution in [0.1, 0.15) is 5.56 Å². The van der Waals surface area contributed by atoms with Crippen molar-refractivity contribution in [2.75, 3.05) is 0 Å². The Labute approximate surface area is 119 Å². The van der Waals surface area contributed by atoms with Crippen LogP contribution >= 0.6 is 23.2 Å². The second kappa shape index (κ2) is 5.91. The molecule has 0 aliphatic carbocycles. The molecule has 0 saturated heterocycles. The van der Waals surface area contributed by atoms with Crippen LogP contribution in [0.3, 0.4) is 0 Å². The first-order valence-corrected chi connectivity index (χ1v) is 6.05. The molecule has 4 nitrogen and oxygen atoms in total. The molecule has 0 spiro atoms. The van der Waals surface area contributed by atoms with Gasteiger partial charge < -0.3 is 4.74 Å². The van der Waals surface area contributed by atoms with Gasteiger partial charge in [0.2, 0.25) is 0 Å². The van der Waals surface area contributed by atoms with Gasteiger partial charge in [-0.15, -0.1) is 0 Å². The van der Waals surface area contributed by atoms with Gasteiger partial charge in [0.1, 0.15) is 12.4 Å². The smallest absolute Gasteiger partial charge is 0.277 e. The van der Waals surface area contributed by atoms with E-state index in [0.717, 1.165) is 5.56 Å². The van der Waals surface area contributed by atoms with Crippen LogP contribution in [0, 0.1) is 16.2 Å². The van der Waals surface area contributed by atoms with E-state index in [1.807, 2.05) is 0 Å². The lowest BCUT2D eigenvalue weighted by molar-refractivity contribution is -0.385. The van der Waals surface area contributed by atoms with Gasteiger partial charge in [-0.3, -0.25) is 10.1 Å². The fourth-order valence-electron chi connectivity index (χ4n) is 1.41. The quantitative estimate of drug-likeness (QED) is 0.625. The van der Waals surface area contributed by atoms with E-state index in [2.05, 4.69) is 6.07 Å². The van der Waals surface area contributed by atoms with Crippen LogP contribution in [0.15, 0.2) is 36.4 Å². The predicted octanol–water partition coefficient (Wildman–Crippen LogP) is 4.28. The number of ether oxygens (including phenoxy) is 1. The average molecular weight is 297 g/mol. The Hall–Kier alpha value is -1.78. The van der Waals surface area contributed by atoms with Gasteiger partial charge in [-0.05, 0) is 24.3 Å². The molecule has 0 aromatic heterocycles. The molecule has 0 unspecified atom stereocenters. The van der Waals surface area contributed by atoms with Gasteiger partial charge in [-0.1, -0.05) is 29.3 Å². The molecule has 0 atom stereocenters. The summed E-state index contributed by atoms with van der Waals surface area (Å²) >= 11 is 11.8. The van der Waals surface area contributed by atoms with Crippen molar-refractivity contribution in [2.45, 2.75) is 6.61 Å². The van der Waals surface area contributed by atoms with E-state index in [1.54, 1.807) is 18.2 Å². The number of non-ortho nitro benzene ring substituents is 1. The summed E-state index contributed by atoms with van der Waals surface area (Å²) in [4.78, 5) is 9.96. The average Bonchev–Trinajstić information content (AvgIpc) is 2.38. The van der Waals surface area contributed by atoms with Crippen LogP contribution in [0.4, 0.5) is 5.69 Å². The van der Waals surface area contributed by atoms with Crippen LogP contribution in [0.25, 0.3) is 0 Å². The highest BCUT2D eigenvalue weighted by atomic mass is 35.5. The first-order valence-electron chi connectivity index (χ1n) is 5.29. The summed E-state index contributed by atoms with van der Waals surface area (Å²) in [6.45, 7) is 0.252. The van der Waals surface area contributed by atoms with E-state index in [-0.39, 0.29) is 12.3 Å². The number of halogens is 2. The largest absolute Gasteiger partial charge is 0.489 e. The van der Waals surface area contributed by atoms with Crippen molar-refractivity contribution in [3.05, 3.63) is 68.2 Å². The topological polar surface area (TPSA) is 52.4 Å². The number of rotatable bonds is 4. The summed E-state index contributed by atoms with van der Waals surface area (Å²) in [7, 11) is 0. The number of hydrogen-bond donors (Lipinski definition) is 0. The maximum Gasteiger partial charge on any atom is 0.277 e. The maximum atomic E-state index is 10.5. The first-order chi connectivity index (χ1) is 9.06. The molecule has 2 rings (SSSR count). The molecular weight excluding hydrogens is 289 g/mol. The molecule has 0 saturated carbocycles. The van der Waals surface area contributed by atoms with Crippen molar-refractivity contribution in [1.82, 2.24) is 0 Å². The Bertz CT molecular complexity index is 599. The number of nitro groups is 1. The standard InChI is InChI=1S/C13H8Cl2NO3/c14-10-2-1-9(13(15)7-10)8-19-12-5-3-11(4-6-12)16(17)18/h1-3,5-7H,8H2. The number of hydrogen-bond acceptors (Lipinski definition) is 3. The van der Waals surface area contributed by atoms with Crippen molar-refractivity contribution < 1.29 is 9.66 Å². The lowest BCUT2D eigenvalue weighted by atomic mass is 10.2. The molecule has 97 valence electrons. The van der Waals surface area contributed by atoms with Crippen LogP contribution < -0.4 is 4.74 Å². The Balaban J connectivity index is 2.04. The lowest BCUT2D eigenvalue weighted by Crippen LogP contribution is -1.96. The fourth-order valence-corrected chi connectivity index (χ4v) is 1.87. The molecule has 19 heavy (non-hydrogen) atoms. The molecule has 0 aliphatic rings. The molecule has 0 amide bonds. The van der Waals surface area contributed by atoms with Gasteiger partial charge in [-0.2, -0.15) is 0 Å². The molecule has 2 aromatic carbocycles. The highest BCUT2D eigenvalue weighted by Crippen LogP contribution is 2.23. The molecule has 1 radical (unpaired) electrons. The predicted molar refractivity (Wildman–Crippen MR) is 72.7 cm³/mol. The molecule has 0 bridgehead atoms. The molecular formula is C13H8Cl2NO3. The van der Waals surface area contributed by atoms with Crippen molar-refractivity contribution in [3.63, 3.8) is 0 Å². The highest BCUT2D eigenvalue weighted by molar-refractivity contribution is 6.35. The van der Waals surface area contributed by atoms with Crippen molar-refractivity contribution in [1.29, 1.82) is 0 Å². The Kier molecular flexibility index (Phi) is 4.24. The second-order valence-corrected chi connectivity index (χ2v) is 4.53. The Morgan fingerprint density at radius 2 is 2.05 bits per heavy atom. The third-order valence-electron chi connectivity index (χ3n) is 2.37. The van der Waals surface area contributed by atoms with Gasteiger partial charge >= 0.3 is 0 Å². The monoisotopic (exact) mass is 296 g/mol. The molecule has 0 fully saturated rings. The summed E-state index contributed by atoms with van der Waals surface area (Å²) < 4.78 is 5.47. The molecule has 0 aliphatic heterocycles. The van der Waals surface area contributed by atoms with E-state index >= 15 is 0 Å². The van der Waals surface area contributed by atoms with Crippen molar-refractivity contribution in [3.8, 4) is 5.75 Å². The third kappa shape index (κ3) is 3.59. The van der Waals surface area contributed by atoms with Crippen LogP contribution in [-0.2, 0) is 6.61 Å². The van der Waals surface area contributed by atoms with Gasteiger partial charge in [0, 0.05) is 21.7 Å². The van der Waals surface area contributed by atoms with E-state index in [1.165, 1.54) is 18.2 Å².